The SMILES string of the molecule is CCCCNC(=O)[C@H](Cc1ccccc1)N(Cc1ccc(Br)cc1)C(=O)CSc1ccc(Cl)cc1. The summed E-state index contributed by atoms with van der Waals surface area (Å²) >= 11 is 10.9. The molecular formula is C28H30BrClN2O2S. The van der Waals surface area contributed by atoms with Crippen molar-refractivity contribution >= 4 is 51.1 Å². The van der Waals surface area contributed by atoms with Gasteiger partial charge in [-0.3, -0.25) is 9.59 Å². The summed E-state index contributed by atoms with van der Waals surface area (Å²) in [6.07, 6.45) is 2.34. The highest BCUT2D eigenvalue weighted by molar-refractivity contribution is 9.10. The summed E-state index contributed by atoms with van der Waals surface area (Å²) in [5.74, 6) is 0.0230. The Morgan fingerprint density at radius 2 is 1.66 bits per heavy atom. The molecule has 0 aliphatic heterocycles. The number of nitrogens with one attached hydrogen (secondary N) is 1. The third kappa shape index (κ3) is 9.02. The number of hydrogen-bond donors (Lipinski definition) is 1. The third-order valence-electron chi connectivity index (χ3n) is 5.54. The zero-order valence-electron chi connectivity index (χ0n) is 19.8. The van der Waals surface area contributed by atoms with Crippen LogP contribution >= 0.6 is 39.3 Å². The van der Waals surface area contributed by atoms with Crippen molar-refractivity contribution in [3.8, 4) is 0 Å². The van der Waals surface area contributed by atoms with Crippen molar-refractivity contribution < 1.29 is 9.59 Å². The molecule has 3 aromatic carbocycles. The summed E-state index contributed by atoms with van der Waals surface area (Å²) in [6, 6.07) is 24.5. The van der Waals surface area contributed by atoms with Crippen LogP contribution in [0.1, 0.15) is 30.9 Å². The van der Waals surface area contributed by atoms with Crippen LogP contribution in [0.3, 0.4) is 0 Å². The number of rotatable bonds is 12. The molecule has 184 valence electrons. The lowest BCUT2D eigenvalue weighted by atomic mass is 10.0. The first-order chi connectivity index (χ1) is 17.0. The Kier molecular flexibility index (Phi) is 11.2. The van der Waals surface area contributed by atoms with E-state index in [4.69, 9.17) is 11.6 Å². The maximum Gasteiger partial charge on any atom is 0.243 e. The largest absolute Gasteiger partial charge is 0.354 e. The Morgan fingerprint density at radius 3 is 2.31 bits per heavy atom. The van der Waals surface area contributed by atoms with Gasteiger partial charge in [-0.1, -0.05) is 83.3 Å². The van der Waals surface area contributed by atoms with Crippen LogP contribution in [-0.4, -0.2) is 35.1 Å². The number of amides is 2. The fourth-order valence-electron chi connectivity index (χ4n) is 3.61. The Labute approximate surface area is 225 Å². The minimum Gasteiger partial charge on any atom is -0.354 e. The molecule has 3 aromatic rings. The minimum atomic E-state index is -0.615. The summed E-state index contributed by atoms with van der Waals surface area (Å²) in [5, 5.41) is 3.71. The molecule has 1 N–H and O–H groups in total. The maximum atomic E-state index is 13.6. The van der Waals surface area contributed by atoms with Crippen LogP contribution in [0.2, 0.25) is 5.02 Å². The molecule has 0 unspecified atom stereocenters. The van der Waals surface area contributed by atoms with E-state index >= 15 is 0 Å². The molecule has 0 radical (unpaired) electrons. The zero-order valence-corrected chi connectivity index (χ0v) is 22.9. The Bertz CT molecular complexity index is 1080. The van der Waals surface area contributed by atoms with Gasteiger partial charge in [-0.05, 0) is 53.9 Å². The molecule has 0 spiro atoms. The Balaban J connectivity index is 1.86. The van der Waals surface area contributed by atoms with E-state index in [2.05, 4.69) is 28.2 Å². The van der Waals surface area contributed by atoms with Gasteiger partial charge >= 0.3 is 0 Å². The molecule has 3 rings (SSSR count). The smallest absolute Gasteiger partial charge is 0.243 e. The second-order valence-corrected chi connectivity index (χ2v) is 10.6. The Morgan fingerprint density at radius 1 is 0.971 bits per heavy atom. The average molecular weight is 574 g/mol. The van der Waals surface area contributed by atoms with E-state index in [0.29, 0.717) is 24.5 Å². The van der Waals surface area contributed by atoms with Crippen LogP contribution in [0, 0.1) is 0 Å². The van der Waals surface area contributed by atoms with Crippen LogP contribution in [0.15, 0.2) is 88.2 Å². The summed E-state index contributed by atoms with van der Waals surface area (Å²) in [7, 11) is 0. The van der Waals surface area contributed by atoms with Crippen molar-refractivity contribution in [1.29, 1.82) is 0 Å². The fourth-order valence-corrected chi connectivity index (χ4v) is 4.78. The van der Waals surface area contributed by atoms with Gasteiger partial charge in [0, 0.05) is 33.9 Å². The number of benzene rings is 3. The molecular weight excluding hydrogens is 544 g/mol. The molecule has 35 heavy (non-hydrogen) atoms. The van der Waals surface area contributed by atoms with Gasteiger partial charge in [0.25, 0.3) is 0 Å². The number of hydrogen-bond acceptors (Lipinski definition) is 3. The third-order valence-corrected chi connectivity index (χ3v) is 7.32. The van der Waals surface area contributed by atoms with Gasteiger partial charge in [0.15, 0.2) is 0 Å². The minimum absolute atomic E-state index is 0.0839. The van der Waals surface area contributed by atoms with Gasteiger partial charge in [-0.15, -0.1) is 11.8 Å². The van der Waals surface area contributed by atoms with Crippen LogP contribution in [0.4, 0.5) is 0 Å². The quantitative estimate of drug-likeness (QED) is 0.193. The fraction of sp³-hybridized carbons (Fsp3) is 0.286. The standard InChI is InChI=1S/C28H30BrClN2O2S/c1-2-3-17-31-28(34)26(18-21-7-5-4-6-8-21)32(19-22-9-11-23(29)12-10-22)27(33)20-35-25-15-13-24(30)14-16-25/h4-16,26H,2-3,17-20H2,1H3,(H,31,34)/t26-/m0/s1. The topological polar surface area (TPSA) is 49.4 Å². The second-order valence-electron chi connectivity index (χ2n) is 8.24. The second kappa shape index (κ2) is 14.3. The van der Waals surface area contributed by atoms with E-state index in [1.165, 1.54) is 11.8 Å². The highest BCUT2D eigenvalue weighted by atomic mass is 79.9. The molecule has 4 nitrogen and oxygen atoms in total. The summed E-state index contributed by atoms with van der Waals surface area (Å²) in [4.78, 5) is 29.7. The molecule has 2 amide bonds. The number of thioether (sulfide) groups is 1. The lowest BCUT2D eigenvalue weighted by molar-refractivity contribution is -0.139. The molecule has 0 aliphatic rings. The molecule has 0 saturated heterocycles. The van der Waals surface area contributed by atoms with Gasteiger partial charge in [-0.25, -0.2) is 0 Å². The first-order valence-corrected chi connectivity index (χ1v) is 13.9. The first kappa shape index (κ1) is 27.3. The molecule has 0 saturated carbocycles. The van der Waals surface area contributed by atoms with Crippen molar-refractivity contribution in [2.45, 2.75) is 43.7 Å². The molecule has 7 heteroatoms. The van der Waals surface area contributed by atoms with Gasteiger partial charge < -0.3 is 10.2 Å². The maximum absolute atomic E-state index is 13.6. The van der Waals surface area contributed by atoms with E-state index < -0.39 is 6.04 Å². The van der Waals surface area contributed by atoms with Crippen LogP contribution in [-0.2, 0) is 22.6 Å². The summed E-state index contributed by atoms with van der Waals surface area (Å²) < 4.78 is 0.968. The van der Waals surface area contributed by atoms with Crippen molar-refractivity contribution in [1.82, 2.24) is 10.2 Å². The zero-order chi connectivity index (χ0) is 25.0. The monoisotopic (exact) mass is 572 g/mol. The van der Waals surface area contributed by atoms with Crippen molar-refractivity contribution in [2.75, 3.05) is 12.3 Å². The van der Waals surface area contributed by atoms with Crippen LogP contribution in [0.25, 0.3) is 0 Å². The Hall–Kier alpha value is -2.28. The molecule has 0 fully saturated rings. The highest BCUT2D eigenvalue weighted by Gasteiger charge is 2.30. The molecule has 1 atom stereocenters. The average Bonchev–Trinajstić information content (AvgIpc) is 2.87. The van der Waals surface area contributed by atoms with E-state index in [1.54, 1.807) is 4.90 Å². The van der Waals surface area contributed by atoms with Crippen LogP contribution in [0.5, 0.6) is 0 Å². The van der Waals surface area contributed by atoms with Crippen molar-refractivity contribution in [2.24, 2.45) is 0 Å². The number of halogens is 2. The normalized spacial score (nSPS) is 11.6. The molecule has 0 heterocycles. The predicted octanol–water partition coefficient (Wildman–Crippen LogP) is 6.75. The number of carbonyl (C=O) groups excluding carboxylic acids is 2. The lowest BCUT2D eigenvalue weighted by Gasteiger charge is -2.31. The molecule has 0 aliphatic carbocycles. The molecule has 0 aromatic heterocycles. The predicted molar refractivity (Wildman–Crippen MR) is 149 cm³/mol. The van der Waals surface area contributed by atoms with Gasteiger partial charge in [0.2, 0.25) is 11.8 Å². The number of nitrogens with zero attached hydrogens (tertiary/aromatic N) is 1. The van der Waals surface area contributed by atoms with E-state index in [-0.39, 0.29) is 17.6 Å². The number of carbonyl (C=O) groups is 2. The van der Waals surface area contributed by atoms with E-state index in [0.717, 1.165) is 33.3 Å². The van der Waals surface area contributed by atoms with E-state index in [1.807, 2.05) is 78.9 Å². The van der Waals surface area contributed by atoms with E-state index in [9.17, 15) is 9.59 Å². The van der Waals surface area contributed by atoms with Gasteiger partial charge in [0.1, 0.15) is 6.04 Å². The summed E-state index contributed by atoms with van der Waals surface area (Å²) in [5.41, 5.74) is 1.99. The van der Waals surface area contributed by atoms with Crippen molar-refractivity contribution in [3.63, 3.8) is 0 Å². The van der Waals surface area contributed by atoms with Gasteiger partial charge in [-0.2, -0.15) is 0 Å². The molecule has 0 bridgehead atoms. The lowest BCUT2D eigenvalue weighted by Crippen LogP contribution is -2.51. The summed E-state index contributed by atoms with van der Waals surface area (Å²) in [6.45, 7) is 3.04. The van der Waals surface area contributed by atoms with Crippen LogP contribution < -0.4 is 5.32 Å². The first-order valence-electron chi connectivity index (χ1n) is 11.7. The number of unbranched alkanes of at least 4 members (excludes halogenated alkanes) is 1. The van der Waals surface area contributed by atoms with Crippen molar-refractivity contribution in [3.05, 3.63) is 99.5 Å². The van der Waals surface area contributed by atoms with Gasteiger partial charge in [0.05, 0.1) is 5.75 Å². The highest BCUT2D eigenvalue weighted by Crippen LogP contribution is 2.23.